The van der Waals surface area contributed by atoms with Crippen molar-refractivity contribution in [3.63, 3.8) is 0 Å². The fourth-order valence-corrected chi connectivity index (χ4v) is 2.90. The number of aryl methyl sites for hydroxylation is 1. The van der Waals surface area contributed by atoms with Crippen LogP contribution in [0.5, 0.6) is 0 Å². The van der Waals surface area contributed by atoms with Crippen LogP contribution < -0.4 is 5.32 Å². The molecule has 1 aromatic rings. The van der Waals surface area contributed by atoms with Crippen LogP contribution in [-0.4, -0.2) is 22.4 Å². The number of aromatic nitrogens is 2. The fraction of sp³-hybridized carbons (Fsp3) is 0.769. The summed E-state index contributed by atoms with van der Waals surface area (Å²) in [6, 6.07) is 3.15. The number of nitrogens with one attached hydrogen (secondary N) is 1. The van der Waals surface area contributed by atoms with E-state index in [2.05, 4.69) is 55.1 Å². The topological polar surface area (TPSA) is 29.9 Å². The van der Waals surface area contributed by atoms with Crippen LogP contribution in [0.25, 0.3) is 0 Å². The minimum atomic E-state index is 0.376. The van der Waals surface area contributed by atoms with Gasteiger partial charge in [0.15, 0.2) is 0 Å². The summed E-state index contributed by atoms with van der Waals surface area (Å²) < 4.78 is 2.15. The number of nitrogens with zero attached hydrogens (tertiary/aromatic N) is 2. The van der Waals surface area contributed by atoms with E-state index in [0.717, 1.165) is 12.2 Å². The van der Waals surface area contributed by atoms with Crippen LogP contribution in [0.2, 0.25) is 0 Å². The molecule has 2 rings (SSSR count). The monoisotopic (exact) mass is 221 g/mol. The molecule has 90 valence electrons. The molecule has 1 aliphatic carbocycles. The van der Waals surface area contributed by atoms with Gasteiger partial charge in [-0.1, -0.05) is 20.8 Å². The molecule has 1 fully saturated rings. The quantitative estimate of drug-likeness (QED) is 0.850. The molecule has 0 amide bonds. The zero-order chi connectivity index (χ0) is 11.8. The third-order valence-corrected chi connectivity index (χ3v) is 3.82. The molecule has 16 heavy (non-hydrogen) atoms. The molecule has 2 unspecified atom stereocenters. The second-order valence-corrected chi connectivity index (χ2v) is 5.57. The minimum absolute atomic E-state index is 0.376. The summed E-state index contributed by atoms with van der Waals surface area (Å²) in [6.45, 7) is 9.98. The van der Waals surface area contributed by atoms with Crippen LogP contribution in [0, 0.1) is 12.3 Å². The summed E-state index contributed by atoms with van der Waals surface area (Å²) in [5.74, 6) is 0. The fourth-order valence-electron chi connectivity index (χ4n) is 2.90. The minimum Gasteiger partial charge on any atom is -0.312 e. The number of rotatable bonds is 3. The number of hydrogen-bond acceptors (Lipinski definition) is 2. The highest BCUT2D eigenvalue weighted by Gasteiger charge is 2.42. The molecule has 0 bridgehead atoms. The first-order valence-electron chi connectivity index (χ1n) is 6.30. The number of hydrogen-bond donors (Lipinski definition) is 1. The highest BCUT2D eigenvalue weighted by atomic mass is 15.3. The van der Waals surface area contributed by atoms with Gasteiger partial charge in [0, 0.05) is 12.2 Å². The third kappa shape index (κ3) is 2.01. The molecule has 0 saturated heterocycles. The van der Waals surface area contributed by atoms with Crippen LogP contribution in [-0.2, 0) is 0 Å². The van der Waals surface area contributed by atoms with Crippen molar-refractivity contribution in [2.24, 2.45) is 5.41 Å². The molecule has 0 spiro atoms. The predicted octanol–water partition coefficient (Wildman–Crippen LogP) is 2.53. The van der Waals surface area contributed by atoms with Crippen molar-refractivity contribution in [1.29, 1.82) is 0 Å². The smallest absolute Gasteiger partial charge is 0.0677 e. The van der Waals surface area contributed by atoms with Crippen molar-refractivity contribution < 1.29 is 0 Å². The van der Waals surface area contributed by atoms with E-state index in [9.17, 15) is 0 Å². The molecular formula is C13H23N3. The van der Waals surface area contributed by atoms with E-state index in [1.807, 2.05) is 0 Å². The average Bonchev–Trinajstić information content (AvgIpc) is 2.73. The Morgan fingerprint density at radius 2 is 2.31 bits per heavy atom. The lowest BCUT2D eigenvalue weighted by atomic mass is 9.86. The molecule has 3 heteroatoms. The molecule has 2 atom stereocenters. The van der Waals surface area contributed by atoms with Gasteiger partial charge in [0.1, 0.15) is 0 Å². The molecule has 1 aliphatic rings. The Hall–Kier alpha value is -0.830. The first-order chi connectivity index (χ1) is 7.54. The van der Waals surface area contributed by atoms with Gasteiger partial charge < -0.3 is 5.32 Å². The van der Waals surface area contributed by atoms with E-state index in [0.29, 0.717) is 17.5 Å². The van der Waals surface area contributed by atoms with Crippen LogP contribution in [0.4, 0.5) is 0 Å². The predicted molar refractivity (Wildman–Crippen MR) is 66.5 cm³/mol. The second-order valence-electron chi connectivity index (χ2n) is 5.57. The maximum Gasteiger partial charge on any atom is 0.0677 e. The van der Waals surface area contributed by atoms with Gasteiger partial charge >= 0.3 is 0 Å². The van der Waals surface area contributed by atoms with E-state index < -0.39 is 0 Å². The largest absolute Gasteiger partial charge is 0.312 e. The first-order valence-corrected chi connectivity index (χ1v) is 6.30. The average molecular weight is 221 g/mol. The van der Waals surface area contributed by atoms with Gasteiger partial charge in [0.05, 0.1) is 11.7 Å². The van der Waals surface area contributed by atoms with Gasteiger partial charge in [-0.05, 0) is 37.8 Å². The van der Waals surface area contributed by atoms with Gasteiger partial charge in [0.25, 0.3) is 0 Å². The van der Waals surface area contributed by atoms with Crippen LogP contribution in [0.15, 0.2) is 12.3 Å². The van der Waals surface area contributed by atoms with E-state index in [1.54, 1.807) is 0 Å². The summed E-state index contributed by atoms with van der Waals surface area (Å²) in [5.41, 5.74) is 1.49. The second kappa shape index (κ2) is 4.21. The third-order valence-electron chi connectivity index (χ3n) is 3.82. The Morgan fingerprint density at radius 3 is 2.88 bits per heavy atom. The SMILES string of the molecule is CCNC1C(n2ccc(C)n2)CCC1(C)C. The summed E-state index contributed by atoms with van der Waals surface area (Å²) in [6.07, 6.45) is 4.62. The Kier molecular flexibility index (Phi) is 3.06. The van der Waals surface area contributed by atoms with Crippen molar-refractivity contribution in [3.05, 3.63) is 18.0 Å². The van der Waals surface area contributed by atoms with Gasteiger partial charge in [-0.3, -0.25) is 4.68 Å². The Labute approximate surface area is 98.2 Å². The lowest BCUT2D eigenvalue weighted by Gasteiger charge is -2.31. The first kappa shape index (κ1) is 11.6. The molecule has 3 nitrogen and oxygen atoms in total. The maximum absolute atomic E-state index is 4.57. The highest BCUT2D eigenvalue weighted by Crippen LogP contribution is 2.43. The summed E-state index contributed by atoms with van der Waals surface area (Å²) in [5, 5.41) is 8.20. The molecule has 0 aliphatic heterocycles. The van der Waals surface area contributed by atoms with Crippen LogP contribution in [0.3, 0.4) is 0 Å². The molecular weight excluding hydrogens is 198 g/mol. The summed E-state index contributed by atoms with van der Waals surface area (Å²) in [7, 11) is 0. The van der Waals surface area contributed by atoms with Gasteiger partial charge in [-0.25, -0.2) is 0 Å². The molecule has 1 N–H and O–H groups in total. The zero-order valence-electron chi connectivity index (χ0n) is 10.8. The highest BCUT2D eigenvalue weighted by molar-refractivity contribution is 5.03. The van der Waals surface area contributed by atoms with E-state index in [4.69, 9.17) is 0 Å². The van der Waals surface area contributed by atoms with E-state index in [-0.39, 0.29) is 0 Å². The van der Waals surface area contributed by atoms with Gasteiger partial charge in [-0.15, -0.1) is 0 Å². The van der Waals surface area contributed by atoms with Gasteiger partial charge in [-0.2, -0.15) is 5.10 Å². The Morgan fingerprint density at radius 1 is 1.56 bits per heavy atom. The van der Waals surface area contributed by atoms with Crippen molar-refractivity contribution in [2.75, 3.05) is 6.54 Å². The Balaban J connectivity index is 2.21. The lowest BCUT2D eigenvalue weighted by molar-refractivity contribution is 0.244. The molecule has 0 aromatic carbocycles. The van der Waals surface area contributed by atoms with E-state index in [1.165, 1.54) is 12.8 Å². The van der Waals surface area contributed by atoms with Crippen LogP contribution >= 0.6 is 0 Å². The van der Waals surface area contributed by atoms with Crippen LogP contribution in [0.1, 0.15) is 45.3 Å². The lowest BCUT2D eigenvalue weighted by Crippen LogP contribution is -2.42. The van der Waals surface area contributed by atoms with Gasteiger partial charge in [0.2, 0.25) is 0 Å². The Bertz CT molecular complexity index is 354. The van der Waals surface area contributed by atoms with Crippen molar-refractivity contribution in [1.82, 2.24) is 15.1 Å². The van der Waals surface area contributed by atoms with E-state index >= 15 is 0 Å². The van der Waals surface area contributed by atoms with Crippen molar-refractivity contribution in [3.8, 4) is 0 Å². The number of likely N-dealkylation sites (N-methyl/N-ethyl adjacent to an activating group) is 1. The summed E-state index contributed by atoms with van der Waals surface area (Å²) >= 11 is 0. The zero-order valence-corrected chi connectivity index (χ0v) is 10.8. The standard InChI is InChI=1S/C13H23N3/c1-5-14-12-11(6-8-13(12,3)4)16-9-7-10(2)15-16/h7,9,11-12,14H,5-6,8H2,1-4H3. The van der Waals surface area contributed by atoms with Crippen molar-refractivity contribution >= 4 is 0 Å². The maximum atomic E-state index is 4.57. The summed E-state index contributed by atoms with van der Waals surface area (Å²) in [4.78, 5) is 0. The molecule has 0 radical (unpaired) electrons. The normalized spacial score (nSPS) is 28.5. The molecule has 1 aromatic heterocycles. The van der Waals surface area contributed by atoms with Crippen molar-refractivity contribution in [2.45, 2.75) is 52.6 Å². The molecule has 1 saturated carbocycles. The molecule has 1 heterocycles.